The second kappa shape index (κ2) is 7.72. The van der Waals surface area contributed by atoms with Gasteiger partial charge in [-0.15, -0.1) is 0 Å². The Hall–Kier alpha value is -0.970. The van der Waals surface area contributed by atoms with E-state index in [-0.39, 0.29) is 11.9 Å². The van der Waals surface area contributed by atoms with Gasteiger partial charge in [-0.05, 0) is 37.6 Å². The first-order valence-electron chi connectivity index (χ1n) is 7.49. The molecule has 1 aliphatic heterocycles. The summed E-state index contributed by atoms with van der Waals surface area (Å²) in [4.78, 5) is 2.41. The molecule has 1 aromatic rings. The Morgan fingerprint density at radius 2 is 2.35 bits per heavy atom. The summed E-state index contributed by atoms with van der Waals surface area (Å²) >= 11 is 0. The van der Waals surface area contributed by atoms with Gasteiger partial charge >= 0.3 is 0 Å². The van der Waals surface area contributed by atoms with E-state index < -0.39 is 0 Å². The molecule has 0 aliphatic carbocycles. The lowest BCUT2D eigenvalue weighted by Gasteiger charge is -2.32. The van der Waals surface area contributed by atoms with Crippen LogP contribution in [0, 0.1) is 5.82 Å². The number of morpholine rings is 1. The van der Waals surface area contributed by atoms with Crippen LogP contribution in [0.5, 0.6) is 0 Å². The zero-order valence-electron chi connectivity index (χ0n) is 12.4. The Labute approximate surface area is 121 Å². The number of ether oxygens (including phenoxy) is 1. The van der Waals surface area contributed by atoms with Crippen LogP contribution in [0.1, 0.15) is 19.4 Å². The van der Waals surface area contributed by atoms with Crippen LogP contribution in [0.3, 0.4) is 0 Å². The number of halogens is 1. The monoisotopic (exact) mass is 280 g/mol. The van der Waals surface area contributed by atoms with Crippen LogP contribution in [0.2, 0.25) is 0 Å². The van der Waals surface area contributed by atoms with Gasteiger partial charge in [0.25, 0.3) is 0 Å². The molecule has 1 aromatic carbocycles. The molecule has 3 nitrogen and oxygen atoms in total. The van der Waals surface area contributed by atoms with Crippen LogP contribution in [0.15, 0.2) is 24.3 Å². The van der Waals surface area contributed by atoms with Crippen LogP contribution in [-0.2, 0) is 11.2 Å². The molecule has 0 radical (unpaired) electrons. The maximum absolute atomic E-state index is 13.1. The van der Waals surface area contributed by atoms with Gasteiger partial charge < -0.3 is 10.1 Å². The molecule has 2 rings (SSSR count). The Morgan fingerprint density at radius 3 is 3.10 bits per heavy atom. The standard InChI is InChI=1S/C16H25FN2O/c1-3-19-7-8-20-16(12-19)11-18-13(2)9-14-5-4-6-15(17)10-14/h4-6,10,13,16,18H,3,7-9,11-12H2,1-2H3. The molecule has 0 amide bonds. The Balaban J connectivity index is 1.73. The lowest BCUT2D eigenvalue weighted by Crippen LogP contribution is -2.47. The maximum atomic E-state index is 13.1. The van der Waals surface area contributed by atoms with Gasteiger partial charge in [0, 0.05) is 25.7 Å². The summed E-state index contributed by atoms with van der Waals surface area (Å²) < 4.78 is 18.9. The second-order valence-electron chi connectivity index (χ2n) is 5.53. The molecule has 1 N–H and O–H groups in total. The van der Waals surface area contributed by atoms with E-state index in [1.807, 2.05) is 6.07 Å². The molecule has 1 heterocycles. The van der Waals surface area contributed by atoms with Crippen molar-refractivity contribution >= 4 is 0 Å². The second-order valence-corrected chi connectivity index (χ2v) is 5.53. The molecular formula is C16H25FN2O. The molecule has 2 unspecified atom stereocenters. The summed E-state index contributed by atoms with van der Waals surface area (Å²) in [6.45, 7) is 9.10. The zero-order valence-corrected chi connectivity index (χ0v) is 12.4. The topological polar surface area (TPSA) is 24.5 Å². The molecule has 4 heteroatoms. The van der Waals surface area contributed by atoms with E-state index in [4.69, 9.17) is 4.74 Å². The number of nitrogens with zero attached hydrogens (tertiary/aromatic N) is 1. The quantitative estimate of drug-likeness (QED) is 0.863. The highest BCUT2D eigenvalue weighted by atomic mass is 19.1. The number of nitrogens with one attached hydrogen (secondary N) is 1. The molecule has 1 saturated heterocycles. The third-order valence-corrected chi connectivity index (χ3v) is 3.80. The lowest BCUT2D eigenvalue weighted by molar-refractivity contribution is -0.0261. The first kappa shape index (κ1) is 15.4. The van der Waals surface area contributed by atoms with Gasteiger partial charge in [-0.3, -0.25) is 4.90 Å². The summed E-state index contributed by atoms with van der Waals surface area (Å²) in [5.74, 6) is -0.163. The number of likely N-dealkylation sites (N-methyl/N-ethyl adjacent to an activating group) is 1. The van der Waals surface area contributed by atoms with Crippen molar-refractivity contribution in [1.29, 1.82) is 0 Å². The fourth-order valence-corrected chi connectivity index (χ4v) is 2.61. The Morgan fingerprint density at radius 1 is 1.50 bits per heavy atom. The van der Waals surface area contributed by atoms with Crippen molar-refractivity contribution in [3.8, 4) is 0 Å². The molecule has 0 saturated carbocycles. The van der Waals surface area contributed by atoms with Crippen molar-refractivity contribution in [1.82, 2.24) is 10.2 Å². The maximum Gasteiger partial charge on any atom is 0.123 e. The molecule has 20 heavy (non-hydrogen) atoms. The van der Waals surface area contributed by atoms with Crippen molar-refractivity contribution in [3.63, 3.8) is 0 Å². The van der Waals surface area contributed by atoms with Gasteiger partial charge in [-0.1, -0.05) is 19.1 Å². The first-order chi connectivity index (χ1) is 9.67. The van der Waals surface area contributed by atoms with Gasteiger partial charge in [0.2, 0.25) is 0 Å². The molecule has 0 spiro atoms. The summed E-state index contributed by atoms with van der Waals surface area (Å²) in [6.07, 6.45) is 1.10. The SMILES string of the molecule is CCN1CCOC(CNC(C)Cc2cccc(F)c2)C1. The van der Waals surface area contributed by atoms with Gasteiger partial charge in [0.1, 0.15) is 5.82 Å². The molecule has 0 aromatic heterocycles. The van der Waals surface area contributed by atoms with E-state index >= 15 is 0 Å². The van der Waals surface area contributed by atoms with E-state index in [2.05, 4.69) is 24.1 Å². The van der Waals surface area contributed by atoms with Crippen LogP contribution >= 0.6 is 0 Å². The zero-order chi connectivity index (χ0) is 14.4. The Bertz CT molecular complexity index is 413. The van der Waals surface area contributed by atoms with Crippen molar-refractivity contribution < 1.29 is 9.13 Å². The van der Waals surface area contributed by atoms with E-state index in [0.29, 0.717) is 6.04 Å². The lowest BCUT2D eigenvalue weighted by atomic mass is 10.1. The molecule has 1 fully saturated rings. The van der Waals surface area contributed by atoms with E-state index in [1.165, 1.54) is 6.07 Å². The van der Waals surface area contributed by atoms with Crippen molar-refractivity contribution in [3.05, 3.63) is 35.6 Å². The summed E-state index contributed by atoms with van der Waals surface area (Å²) in [7, 11) is 0. The predicted molar refractivity (Wildman–Crippen MR) is 79.4 cm³/mol. The number of rotatable bonds is 6. The highest BCUT2D eigenvalue weighted by Crippen LogP contribution is 2.08. The van der Waals surface area contributed by atoms with Crippen molar-refractivity contribution in [2.24, 2.45) is 0 Å². The third kappa shape index (κ3) is 4.85. The van der Waals surface area contributed by atoms with Crippen molar-refractivity contribution in [2.75, 3.05) is 32.8 Å². The summed E-state index contributed by atoms with van der Waals surface area (Å²) in [5, 5.41) is 3.49. The average molecular weight is 280 g/mol. The van der Waals surface area contributed by atoms with Crippen LogP contribution in [-0.4, -0.2) is 49.8 Å². The molecular weight excluding hydrogens is 255 g/mol. The van der Waals surface area contributed by atoms with Gasteiger partial charge in [0.15, 0.2) is 0 Å². The highest BCUT2D eigenvalue weighted by Gasteiger charge is 2.19. The first-order valence-corrected chi connectivity index (χ1v) is 7.49. The Kier molecular flexibility index (Phi) is 5.95. The molecule has 0 bridgehead atoms. The minimum atomic E-state index is -0.163. The largest absolute Gasteiger partial charge is 0.374 e. The highest BCUT2D eigenvalue weighted by molar-refractivity contribution is 5.17. The normalized spacial score (nSPS) is 21.9. The number of benzene rings is 1. The number of hydrogen-bond donors (Lipinski definition) is 1. The molecule has 112 valence electrons. The van der Waals surface area contributed by atoms with Gasteiger partial charge in [-0.25, -0.2) is 4.39 Å². The number of hydrogen-bond acceptors (Lipinski definition) is 3. The molecule has 2 atom stereocenters. The smallest absolute Gasteiger partial charge is 0.123 e. The summed E-state index contributed by atoms with van der Waals surface area (Å²) in [6, 6.07) is 7.14. The third-order valence-electron chi connectivity index (χ3n) is 3.80. The van der Waals surface area contributed by atoms with Crippen LogP contribution in [0.25, 0.3) is 0 Å². The van der Waals surface area contributed by atoms with E-state index in [9.17, 15) is 4.39 Å². The molecule has 1 aliphatic rings. The van der Waals surface area contributed by atoms with Crippen molar-refractivity contribution in [2.45, 2.75) is 32.4 Å². The van der Waals surface area contributed by atoms with Gasteiger partial charge in [0.05, 0.1) is 12.7 Å². The minimum Gasteiger partial charge on any atom is -0.374 e. The van der Waals surface area contributed by atoms with Crippen LogP contribution < -0.4 is 5.32 Å². The average Bonchev–Trinajstić information content (AvgIpc) is 2.45. The van der Waals surface area contributed by atoms with E-state index in [1.54, 1.807) is 12.1 Å². The van der Waals surface area contributed by atoms with Gasteiger partial charge in [-0.2, -0.15) is 0 Å². The summed E-state index contributed by atoms with van der Waals surface area (Å²) in [5.41, 5.74) is 1.03. The minimum absolute atomic E-state index is 0.163. The fourth-order valence-electron chi connectivity index (χ4n) is 2.61. The van der Waals surface area contributed by atoms with Crippen LogP contribution in [0.4, 0.5) is 4.39 Å². The predicted octanol–water partition coefficient (Wildman–Crippen LogP) is 2.07. The fraction of sp³-hybridized carbons (Fsp3) is 0.625. The van der Waals surface area contributed by atoms with E-state index in [0.717, 1.165) is 44.8 Å².